The second-order valence-electron chi connectivity index (χ2n) is 5.77. The minimum atomic E-state index is -0.850. The summed E-state index contributed by atoms with van der Waals surface area (Å²) in [5, 5.41) is 14.2. The van der Waals surface area contributed by atoms with Crippen LogP contribution in [0.25, 0.3) is 0 Å². The van der Waals surface area contributed by atoms with Crippen LogP contribution in [0.15, 0.2) is 28.7 Å². The van der Waals surface area contributed by atoms with Gasteiger partial charge in [-0.05, 0) is 53.7 Å². The van der Waals surface area contributed by atoms with Gasteiger partial charge in [-0.15, -0.1) is 0 Å². The number of nitriles is 1. The zero-order valence-electron chi connectivity index (χ0n) is 13.5. The molecule has 0 bridgehead atoms. The summed E-state index contributed by atoms with van der Waals surface area (Å²) in [6, 6.07) is 8.93. The zero-order valence-corrected chi connectivity index (χ0v) is 15.1. The van der Waals surface area contributed by atoms with Gasteiger partial charge in [0.1, 0.15) is 12.1 Å². The quantitative estimate of drug-likeness (QED) is 0.697. The Kier molecular flexibility index (Phi) is 6.53. The Morgan fingerprint density at radius 3 is 2.56 bits per heavy atom. The summed E-state index contributed by atoms with van der Waals surface area (Å²) in [4.78, 5) is 35.5. The Balaban J connectivity index is 1.74. The van der Waals surface area contributed by atoms with Crippen LogP contribution in [0, 0.1) is 11.3 Å². The number of esters is 1. The van der Waals surface area contributed by atoms with Crippen molar-refractivity contribution in [2.24, 2.45) is 0 Å². The lowest BCUT2D eigenvalue weighted by molar-refractivity contribution is -0.147. The largest absolute Gasteiger partial charge is 0.454 e. The van der Waals surface area contributed by atoms with E-state index in [1.165, 1.54) is 0 Å². The second kappa shape index (κ2) is 8.62. The molecule has 0 spiro atoms. The molecule has 2 N–H and O–H groups in total. The van der Waals surface area contributed by atoms with Crippen LogP contribution in [0.3, 0.4) is 0 Å². The maximum Gasteiger partial charge on any atom is 0.325 e. The standard InChI is InChI=1S/C17H18BrN3O4/c18-13-6-2-1-5-12(13)16(24)20-9-15(23)25-10-14(22)21-17(11-19)7-3-4-8-17/h1-2,5-6H,3-4,7-10H2,(H,20,24)(H,21,22). The van der Waals surface area contributed by atoms with Crippen LogP contribution in [-0.2, 0) is 14.3 Å². The molecule has 0 atom stereocenters. The van der Waals surface area contributed by atoms with Gasteiger partial charge in [0.2, 0.25) is 0 Å². The molecule has 0 aromatic heterocycles. The van der Waals surface area contributed by atoms with E-state index in [4.69, 9.17) is 4.74 Å². The molecule has 0 heterocycles. The number of halogens is 1. The Hall–Kier alpha value is -2.40. The number of carbonyl (C=O) groups is 3. The molecule has 0 aliphatic heterocycles. The Morgan fingerprint density at radius 1 is 1.24 bits per heavy atom. The highest BCUT2D eigenvalue weighted by atomic mass is 79.9. The molecule has 7 nitrogen and oxygen atoms in total. The highest BCUT2D eigenvalue weighted by Crippen LogP contribution is 2.28. The van der Waals surface area contributed by atoms with Crippen LogP contribution in [0.5, 0.6) is 0 Å². The van der Waals surface area contributed by atoms with E-state index in [1.54, 1.807) is 24.3 Å². The molecule has 25 heavy (non-hydrogen) atoms. The summed E-state index contributed by atoms with van der Waals surface area (Å²) >= 11 is 3.25. The molecule has 0 saturated heterocycles. The predicted octanol–water partition coefficient (Wildman–Crippen LogP) is 1.67. The van der Waals surface area contributed by atoms with E-state index in [9.17, 15) is 19.6 Å². The van der Waals surface area contributed by atoms with E-state index in [0.717, 1.165) is 12.8 Å². The van der Waals surface area contributed by atoms with Crippen molar-refractivity contribution in [2.75, 3.05) is 13.2 Å². The molecule has 1 fully saturated rings. The number of carbonyl (C=O) groups excluding carboxylic acids is 3. The summed E-state index contributed by atoms with van der Waals surface area (Å²) < 4.78 is 5.44. The summed E-state index contributed by atoms with van der Waals surface area (Å²) in [7, 11) is 0. The molecule has 1 aliphatic rings. The molecule has 0 radical (unpaired) electrons. The maximum absolute atomic E-state index is 12.0. The summed E-state index contributed by atoms with van der Waals surface area (Å²) in [6.45, 7) is -0.829. The molecule has 1 aromatic rings. The van der Waals surface area contributed by atoms with E-state index < -0.39 is 29.9 Å². The second-order valence-corrected chi connectivity index (χ2v) is 6.63. The third kappa shape index (κ3) is 5.29. The number of ether oxygens (including phenoxy) is 1. The zero-order chi connectivity index (χ0) is 18.3. The topological polar surface area (TPSA) is 108 Å². The fraction of sp³-hybridized carbons (Fsp3) is 0.412. The molecule has 0 unspecified atom stereocenters. The van der Waals surface area contributed by atoms with Gasteiger partial charge in [-0.25, -0.2) is 0 Å². The smallest absolute Gasteiger partial charge is 0.325 e. The Bertz CT molecular complexity index is 708. The fourth-order valence-electron chi connectivity index (χ4n) is 2.64. The molecule has 1 saturated carbocycles. The molecule has 1 aliphatic carbocycles. The highest BCUT2D eigenvalue weighted by Gasteiger charge is 2.35. The lowest BCUT2D eigenvalue weighted by Crippen LogP contribution is -2.47. The normalized spacial score (nSPS) is 15.0. The molecule has 2 rings (SSSR count). The molecule has 132 valence electrons. The first kappa shape index (κ1) is 18.9. The average Bonchev–Trinajstić information content (AvgIpc) is 3.07. The van der Waals surface area contributed by atoms with Crippen molar-refractivity contribution >= 4 is 33.7 Å². The third-order valence-electron chi connectivity index (χ3n) is 3.93. The van der Waals surface area contributed by atoms with Crippen LogP contribution in [0.2, 0.25) is 0 Å². The number of rotatable bonds is 6. The van der Waals surface area contributed by atoms with Gasteiger partial charge in [-0.2, -0.15) is 5.26 Å². The highest BCUT2D eigenvalue weighted by molar-refractivity contribution is 9.10. The van der Waals surface area contributed by atoms with E-state index in [-0.39, 0.29) is 6.54 Å². The van der Waals surface area contributed by atoms with Crippen molar-refractivity contribution in [3.63, 3.8) is 0 Å². The van der Waals surface area contributed by atoms with Crippen molar-refractivity contribution in [1.29, 1.82) is 5.26 Å². The van der Waals surface area contributed by atoms with Crippen LogP contribution in [0.4, 0.5) is 0 Å². The lowest BCUT2D eigenvalue weighted by Gasteiger charge is -2.21. The molecule has 8 heteroatoms. The number of amides is 2. The summed E-state index contributed by atoms with van der Waals surface area (Å²) in [5.74, 6) is -1.68. The number of benzene rings is 1. The monoisotopic (exact) mass is 407 g/mol. The van der Waals surface area contributed by atoms with Crippen LogP contribution >= 0.6 is 15.9 Å². The lowest BCUT2D eigenvalue weighted by atomic mass is 10.00. The number of hydrogen-bond acceptors (Lipinski definition) is 5. The maximum atomic E-state index is 12.0. The molecule has 1 aromatic carbocycles. The summed E-state index contributed by atoms with van der Waals surface area (Å²) in [5.41, 5.74) is -0.456. The average molecular weight is 408 g/mol. The van der Waals surface area contributed by atoms with Gasteiger partial charge in [0.05, 0.1) is 11.6 Å². The minimum Gasteiger partial charge on any atom is -0.454 e. The van der Waals surface area contributed by atoms with Crippen LogP contribution in [0.1, 0.15) is 36.0 Å². The van der Waals surface area contributed by atoms with Crippen molar-refractivity contribution in [2.45, 2.75) is 31.2 Å². The van der Waals surface area contributed by atoms with Crippen molar-refractivity contribution in [3.8, 4) is 6.07 Å². The number of nitrogens with zero attached hydrogens (tertiary/aromatic N) is 1. The number of hydrogen-bond donors (Lipinski definition) is 2. The van der Waals surface area contributed by atoms with Gasteiger partial charge in [0, 0.05) is 4.47 Å². The Morgan fingerprint density at radius 2 is 1.92 bits per heavy atom. The van der Waals surface area contributed by atoms with E-state index >= 15 is 0 Å². The van der Waals surface area contributed by atoms with Crippen LogP contribution < -0.4 is 10.6 Å². The predicted molar refractivity (Wildman–Crippen MR) is 92.4 cm³/mol. The first-order chi connectivity index (χ1) is 12.0. The van der Waals surface area contributed by atoms with Gasteiger partial charge < -0.3 is 15.4 Å². The van der Waals surface area contributed by atoms with E-state index in [0.29, 0.717) is 22.9 Å². The van der Waals surface area contributed by atoms with Crippen molar-refractivity contribution < 1.29 is 19.1 Å². The third-order valence-corrected chi connectivity index (χ3v) is 4.62. The van der Waals surface area contributed by atoms with Crippen molar-refractivity contribution in [1.82, 2.24) is 10.6 Å². The Labute approximate surface area is 153 Å². The minimum absolute atomic E-state index is 0.350. The van der Waals surface area contributed by atoms with E-state index in [1.807, 2.05) is 0 Å². The van der Waals surface area contributed by atoms with Gasteiger partial charge in [-0.1, -0.05) is 12.1 Å². The van der Waals surface area contributed by atoms with Crippen LogP contribution in [-0.4, -0.2) is 36.5 Å². The molecular weight excluding hydrogens is 390 g/mol. The van der Waals surface area contributed by atoms with E-state index in [2.05, 4.69) is 32.6 Å². The van der Waals surface area contributed by atoms with Gasteiger partial charge in [0.25, 0.3) is 11.8 Å². The number of nitrogens with one attached hydrogen (secondary N) is 2. The fourth-order valence-corrected chi connectivity index (χ4v) is 3.10. The van der Waals surface area contributed by atoms with Gasteiger partial charge in [-0.3, -0.25) is 14.4 Å². The SMILES string of the molecule is N#CC1(NC(=O)COC(=O)CNC(=O)c2ccccc2Br)CCCC1. The van der Waals surface area contributed by atoms with Gasteiger partial charge >= 0.3 is 5.97 Å². The van der Waals surface area contributed by atoms with Gasteiger partial charge in [0.15, 0.2) is 6.61 Å². The summed E-state index contributed by atoms with van der Waals surface area (Å²) in [6.07, 6.45) is 2.97. The van der Waals surface area contributed by atoms with Crippen molar-refractivity contribution in [3.05, 3.63) is 34.3 Å². The molecular formula is C17H18BrN3O4. The molecule has 2 amide bonds. The first-order valence-corrected chi connectivity index (χ1v) is 8.66. The first-order valence-electron chi connectivity index (χ1n) is 7.86.